The van der Waals surface area contributed by atoms with E-state index in [9.17, 15) is 24.5 Å². The molecule has 2 amide bonds. The van der Waals surface area contributed by atoms with Gasteiger partial charge >= 0.3 is 0 Å². The number of aromatic nitrogens is 1. The molecular formula is C29H29N5O6. The van der Waals surface area contributed by atoms with Crippen molar-refractivity contribution in [3.8, 4) is 0 Å². The molecule has 206 valence electrons. The molecule has 3 aromatic rings. The van der Waals surface area contributed by atoms with Gasteiger partial charge in [0.15, 0.2) is 5.76 Å². The summed E-state index contributed by atoms with van der Waals surface area (Å²) < 4.78 is 7.12. The van der Waals surface area contributed by atoms with Crippen LogP contribution in [0.15, 0.2) is 64.0 Å². The molecule has 0 spiro atoms. The van der Waals surface area contributed by atoms with Crippen molar-refractivity contribution in [1.82, 2.24) is 14.4 Å². The summed E-state index contributed by atoms with van der Waals surface area (Å²) in [5.41, 5.74) is 2.75. The first-order valence-electron chi connectivity index (χ1n) is 13.7. The third-order valence-electron chi connectivity index (χ3n) is 9.13. The van der Waals surface area contributed by atoms with Crippen LogP contribution in [-0.2, 0) is 17.8 Å². The molecule has 1 aromatic carbocycles. The Bertz CT molecular complexity index is 1560. The van der Waals surface area contributed by atoms with Crippen molar-refractivity contribution in [3.05, 3.63) is 92.3 Å². The molecule has 4 aliphatic heterocycles. The molecule has 4 atom stereocenters. The molecule has 0 unspecified atom stereocenters. The fourth-order valence-corrected chi connectivity index (χ4v) is 7.36. The van der Waals surface area contributed by atoms with Crippen LogP contribution in [0.3, 0.4) is 0 Å². The Labute approximate surface area is 229 Å². The fourth-order valence-electron chi connectivity index (χ4n) is 7.36. The van der Waals surface area contributed by atoms with E-state index in [1.54, 1.807) is 35.2 Å². The molecule has 11 heteroatoms. The van der Waals surface area contributed by atoms with E-state index in [-0.39, 0.29) is 46.7 Å². The van der Waals surface area contributed by atoms with Gasteiger partial charge in [0.05, 0.1) is 17.1 Å². The number of carbonyl (C=O) groups excluding carboxylic acids is 2. The molecule has 0 saturated carbocycles. The van der Waals surface area contributed by atoms with Gasteiger partial charge in [-0.3, -0.25) is 24.5 Å². The van der Waals surface area contributed by atoms with Crippen molar-refractivity contribution in [1.29, 1.82) is 0 Å². The number of nitrogens with zero attached hydrogens (tertiary/aromatic N) is 5. The highest BCUT2D eigenvalue weighted by Crippen LogP contribution is 2.48. The minimum absolute atomic E-state index is 0.00177. The first-order chi connectivity index (χ1) is 19.4. The molecule has 11 nitrogen and oxygen atoms in total. The van der Waals surface area contributed by atoms with Gasteiger partial charge in [0.2, 0.25) is 5.91 Å². The lowest BCUT2D eigenvalue weighted by Gasteiger charge is -2.54. The summed E-state index contributed by atoms with van der Waals surface area (Å²) in [4.78, 5) is 56.7. The molecule has 6 heterocycles. The maximum Gasteiger partial charge on any atom is 0.289 e. The minimum Gasteiger partial charge on any atom is -0.459 e. The number of benzene rings is 1. The normalized spacial score (nSPS) is 25.1. The van der Waals surface area contributed by atoms with Crippen molar-refractivity contribution in [2.75, 3.05) is 37.6 Å². The molecule has 2 saturated heterocycles. The van der Waals surface area contributed by atoms with Crippen molar-refractivity contribution in [3.63, 3.8) is 0 Å². The number of amides is 2. The van der Waals surface area contributed by atoms with Gasteiger partial charge in [0, 0.05) is 80.8 Å². The molecule has 0 aliphatic carbocycles. The number of non-ortho nitro benzene ring substituents is 1. The summed E-state index contributed by atoms with van der Waals surface area (Å²) in [5, 5.41) is 11.6. The highest BCUT2D eigenvalue weighted by Gasteiger charge is 2.50. The van der Waals surface area contributed by atoms with Gasteiger partial charge in [-0.05, 0) is 48.6 Å². The zero-order chi connectivity index (χ0) is 27.5. The zero-order valence-corrected chi connectivity index (χ0v) is 21.8. The Hall–Kier alpha value is -4.41. The van der Waals surface area contributed by atoms with E-state index in [0.717, 1.165) is 23.4 Å². The third-order valence-corrected chi connectivity index (χ3v) is 9.13. The van der Waals surface area contributed by atoms with Gasteiger partial charge in [-0.2, -0.15) is 0 Å². The number of rotatable bonds is 3. The maximum absolute atomic E-state index is 14.2. The molecule has 2 bridgehead atoms. The van der Waals surface area contributed by atoms with Crippen LogP contribution in [0.4, 0.5) is 11.4 Å². The number of furan rings is 1. The predicted octanol–water partition coefficient (Wildman–Crippen LogP) is 2.50. The van der Waals surface area contributed by atoms with Crippen LogP contribution in [0.2, 0.25) is 0 Å². The van der Waals surface area contributed by atoms with E-state index in [2.05, 4.69) is 4.90 Å². The van der Waals surface area contributed by atoms with Gasteiger partial charge in [-0.15, -0.1) is 0 Å². The highest BCUT2D eigenvalue weighted by molar-refractivity contribution is 5.91. The topological polar surface area (TPSA) is 122 Å². The number of hydrogen-bond donors (Lipinski definition) is 0. The van der Waals surface area contributed by atoms with Crippen LogP contribution < -0.4 is 10.5 Å². The molecule has 2 fully saturated rings. The fraction of sp³-hybridized carbons (Fsp3) is 0.414. The molecular weight excluding hydrogens is 514 g/mol. The van der Waals surface area contributed by atoms with Crippen LogP contribution >= 0.6 is 0 Å². The smallest absolute Gasteiger partial charge is 0.289 e. The van der Waals surface area contributed by atoms with Crippen LogP contribution in [0.1, 0.15) is 34.2 Å². The number of pyridine rings is 1. The Balaban J connectivity index is 1.20. The first-order valence-corrected chi connectivity index (χ1v) is 13.7. The van der Waals surface area contributed by atoms with E-state index >= 15 is 0 Å². The van der Waals surface area contributed by atoms with Crippen molar-refractivity contribution >= 4 is 23.2 Å². The number of hydrogen-bond acceptors (Lipinski definition) is 7. The number of nitro benzene ring substituents is 1. The summed E-state index contributed by atoms with van der Waals surface area (Å²) in [5.74, 6) is -0.0876. The number of piperidine rings is 1. The third kappa shape index (κ3) is 3.90. The lowest BCUT2D eigenvalue weighted by molar-refractivity contribution is -0.384. The monoisotopic (exact) mass is 543 g/mol. The second-order valence-corrected chi connectivity index (χ2v) is 11.2. The maximum atomic E-state index is 14.2. The largest absolute Gasteiger partial charge is 0.459 e. The minimum atomic E-state index is -0.409. The van der Waals surface area contributed by atoms with Gasteiger partial charge < -0.3 is 23.7 Å². The Kier molecular flexibility index (Phi) is 5.76. The molecule has 7 rings (SSSR count). The Morgan fingerprint density at radius 3 is 2.52 bits per heavy atom. The van der Waals surface area contributed by atoms with Crippen LogP contribution in [0.5, 0.6) is 0 Å². The van der Waals surface area contributed by atoms with Gasteiger partial charge in [0.25, 0.3) is 17.2 Å². The van der Waals surface area contributed by atoms with Crippen LogP contribution in [0, 0.1) is 22.0 Å². The predicted molar refractivity (Wildman–Crippen MR) is 144 cm³/mol. The molecule has 0 N–H and O–H groups in total. The average molecular weight is 544 g/mol. The van der Waals surface area contributed by atoms with E-state index in [1.165, 1.54) is 12.3 Å². The quantitative estimate of drug-likeness (QED) is 0.367. The number of nitro groups is 1. The summed E-state index contributed by atoms with van der Waals surface area (Å²) in [6, 6.07) is 13.5. The molecule has 4 aliphatic rings. The van der Waals surface area contributed by atoms with Crippen molar-refractivity contribution < 1.29 is 18.9 Å². The number of piperazine rings is 1. The summed E-state index contributed by atoms with van der Waals surface area (Å²) in [6.45, 7) is 2.82. The van der Waals surface area contributed by atoms with Gasteiger partial charge in [0.1, 0.15) is 0 Å². The van der Waals surface area contributed by atoms with E-state index in [4.69, 9.17) is 4.42 Å². The summed E-state index contributed by atoms with van der Waals surface area (Å²) >= 11 is 0. The second-order valence-electron chi connectivity index (χ2n) is 11.2. The van der Waals surface area contributed by atoms with Crippen molar-refractivity contribution in [2.45, 2.75) is 31.3 Å². The lowest BCUT2D eigenvalue weighted by atomic mass is 9.69. The molecule has 2 aromatic heterocycles. The standard InChI is InChI=1S/C29H29N5O6/c35-26-5-1-3-23-19-13-20(17-32(23)26)27-22(15-18-14-21(34(38)39)6-7-24(18)33(27)16-19)28(36)30-8-10-31(11-9-30)29(37)25-4-2-12-40-25/h1-7,12,14,19-20,22,27H,8-11,13,15-17H2/t19-,20-,22+,27-/m0/s1. The highest BCUT2D eigenvalue weighted by atomic mass is 16.6. The Morgan fingerprint density at radius 1 is 0.975 bits per heavy atom. The lowest BCUT2D eigenvalue weighted by Crippen LogP contribution is -2.62. The molecule has 40 heavy (non-hydrogen) atoms. The number of carbonyl (C=O) groups is 2. The van der Waals surface area contributed by atoms with Crippen molar-refractivity contribution in [2.24, 2.45) is 11.8 Å². The van der Waals surface area contributed by atoms with Crippen LogP contribution in [0.25, 0.3) is 0 Å². The Morgan fingerprint density at radius 2 is 1.77 bits per heavy atom. The summed E-state index contributed by atoms with van der Waals surface area (Å²) in [6.07, 6.45) is 2.76. The van der Waals surface area contributed by atoms with E-state index in [1.807, 2.05) is 21.6 Å². The number of fused-ring (bicyclic) bond motifs is 8. The number of anilines is 1. The van der Waals surface area contributed by atoms with E-state index in [0.29, 0.717) is 45.7 Å². The SMILES string of the molecule is O=C(c1ccco1)N1CCN(C(=O)[C@@H]2Cc3cc([N+](=O)[O-])ccc3N3C[C@@H]4C[C@@H](Cn5c4cccc5=O)[C@@H]23)CC1. The first kappa shape index (κ1) is 24.6. The second kappa shape index (κ2) is 9.35. The van der Waals surface area contributed by atoms with Gasteiger partial charge in [-0.25, -0.2) is 0 Å². The van der Waals surface area contributed by atoms with E-state index < -0.39 is 10.8 Å². The summed E-state index contributed by atoms with van der Waals surface area (Å²) in [7, 11) is 0. The van der Waals surface area contributed by atoms with Crippen LogP contribution in [-0.4, -0.2) is 69.9 Å². The zero-order valence-electron chi connectivity index (χ0n) is 21.8. The van der Waals surface area contributed by atoms with Gasteiger partial charge in [-0.1, -0.05) is 6.07 Å². The average Bonchev–Trinajstić information content (AvgIpc) is 3.51. The molecule has 0 radical (unpaired) electrons.